The average Bonchev–Trinajstić information content (AvgIpc) is 3.23. The molecular weight excluding hydrogens is 366 g/mol. The maximum Gasteiger partial charge on any atom is 0.227 e. The molecule has 5 rings (SSSR count). The van der Waals surface area contributed by atoms with Crippen LogP contribution < -0.4 is 0 Å². The van der Waals surface area contributed by atoms with Gasteiger partial charge in [0.15, 0.2) is 0 Å². The van der Waals surface area contributed by atoms with Crippen LogP contribution in [0.1, 0.15) is 25.3 Å². The van der Waals surface area contributed by atoms with Crippen molar-refractivity contribution in [2.75, 3.05) is 0 Å². The van der Waals surface area contributed by atoms with E-state index in [0.717, 1.165) is 28.0 Å². The third kappa shape index (κ3) is 3.53. The molecule has 0 saturated heterocycles. The fourth-order valence-corrected chi connectivity index (χ4v) is 3.74. The van der Waals surface area contributed by atoms with Crippen LogP contribution in [0.4, 0.5) is 0 Å². The summed E-state index contributed by atoms with van der Waals surface area (Å²) in [7, 11) is 0. The normalized spacial score (nSPS) is 11.3. The van der Waals surface area contributed by atoms with Gasteiger partial charge in [0.1, 0.15) is 5.76 Å². The van der Waals surface area contributed by atoms with Crippen molar-refractivity contribution in [2.24, 2.45) is 0 Å². The lowest BCUT2D eigenvalue weighted by molar-refractivity contribution is 0.619. The smallest absolute Gasteiger partial charge is 0.227 e. The molecule has 0 spiro atoms. The Morgan fingerprint density at radius 1 is 0.633 bits per heavy atom. The molecule has 0 saturated carbocycles. The standard InChI is InChI=1S/C28H23NO/c1-19(2)20-11-13-22(14-12-20)27-18-25-15-16-26(29-28(25)30-27)24-10-6-9-23(17-24)21-7-4-3-5-8-21/h3-19H,1-2H3. The van der Waals surface area contributed by atoms with Gasteiger partial charge in [-0.2, -0.15) is 0 Å². The van der Waals surface area contributed by atoms with E-state index in [9.17, 15) is 0 Å². The molecule has 0 fully saturated rings. The van der Waals surface area contributed by atoms with Crippen molar-refractivity contribution in [2.45, 2.75) is 19.8 Å². The first-order valence-corrected chi connectivity index (χ1v) is 10.3. The second-order valence-electron chi connectivity index (χ2n) is 7.93. The fourth-order valence-electron chi connectivity index (χ4n) is 3.74. The molecule has 5 aromatic rings. The molecule has 0 N–H and O–H groups in total. The second-order valence-corrected chi connectivity index (χ2v) is 7.93. The van der Waals surface area contributed by atoms with E-state index < -0.39 is 0 Å². The van der Waals surface area contributed by atoms with E-state index >= 15 is 0 Å². The summed E-state index contributed by atoms with van der Waals surface area (Å²) in [6.45, 7) is 4.41. The summed E-state index contributed by atoms with van der Waals surface area (Å²) in [6.07, 6.45) is 0. The van der Waals surface area contributed by atoms with Gasteiger partial charge in [0.05, 0.1) is 5.69 Å². The minimum Gasteiger partial charge on any atom is -0.438 e. The van der Waals surface area contributed by atoms with Crippen molar-refractivity contribution in [3.05, 3.63) is 103 Å². The first-order chi connectivity index (χ1) is 14.7. The zero-order chi connectivity index (χ0) is 20.5. The Morgan fingerprint density at radius 2 is 1.37 bits per heavy atom. The molecule has 0 bridgehead atoms. The molecule has 30 heavy (non-hydrogen) atoms. The number of pyridine rings is 1. The summed E-state index contributed by atoms with van der Waals surface area (Å²) in [6, 6.07) is 33.7. The quantitative estimate of drug-likeness (QED) is 0.312. The van der Waals surface area contributed by atoms with Crippen molar-refractivity contribution in [1.29, 1.82) is 0 Å². The lowest BCUT2D eigenvalue weighted by atomic mass is 10.0. The highest BCUT2D eigenvalue weighted by atomic mass is 16.3. The van der Waals surface area contributed by atoms with Gasteiger partial charge < -0.3 is 4.42 Å². The number of hydrogen-bond acceptors (Lipinski definition) is 2. The van der Waals surface area contributed by atoms with Crippen molar-refractivity contribution < 1.29 is 4.42 Å². The fraction of sp³-hybridized carbons (Fsp3) is 0.107. The Hall–Kier alpha value is -3.65. The van der Waals surface area contributed by atoms with E-state index in [1.807, 2.05) is 6.07 Å². The van der Waals surface area contributed by atoms with Crippen LogP contribution in [0.3, 0.4) is 0 Å². The van der Waals surface area contributed by atoms with Crippen LogP contribution in [0.25, 0.3) is 44.8 Å². The van der Waals surface area contributed by atoms with Crippen molar-refractivity contribution >= 4 is 11.1 Å². The lowest BCUT2D eigenvalue weighted by Crippen LogP contribution is -1.86. The second kappa shape index (κ2) is 7.64. The number of furan rings is 1. The molecule has 0 aliphatic carbocycles. The van der Waals surface area contributed by atoms with Crippen molar-refractivity contribution in [3.63, 3.8) is 0 Å². The molecule has 0 atom stereocenters. The monoisotopic (exact) mass is 389 g/mol. The number of rotatable bonds is 4. The molecule has 3 aromatic carbocycles. The van der Waals surface area contributed by atoms with Gasteiger partial charge in [-0.25, -0.2) is 4.98 Å². The van der Waals surface area contributed by atoms with Crippen LogP contribution in [0.15, 0.2) is 101 Å². The van der Waals surface area contributed by atoms with E-state index in [4.69, 9.17) is 9.40 Å². The van der Waals surface area contributed by atoms with Gasteiger partial charge in [-0.05, 0) is 46.9 Å². The zero-order valence-corrected chi connectivity index (χ0v) is 17.2. The zero-order valence-electron chi connectivity index (χ0n) is 17.2. The average molecular weight is 389 g/mol. The summed E-state index contributed by atoms with van der Waals surface area (Å²) in [5.41, 5.74) is 7.44. The van der Waals surface area contributed by atoms with Gasteiger partial charge >= 0.3 is 0 Å². The molecular formula is C28H23NO. The van der Waals surface area contributed by atoms with E-state index in [-0.39, 0.29) is 0 Å². The highest BCUT2D eigenvalue weighted by Gasteiger charge is 2.10. The summed E-state index contributed by atoms with van der Waals surface area (Å²) in [5.74, 6) is 1.37. The van der Waals surface area contributed by atoms with Gasteiger partial charge in [0.2, 0.25) is 5.71 Å². The largest absolute Gasteiger partial charge is 0.438 e. The Morgan fingerprint density at radius 3 is 2.13 bits per heavy atom. The Kier molecular flexibility index (Phi) is 4.68. The molecule has 2 aromatic heterocycles. The molecule has 0 aliphatic rings. The minimum absolute atomic E-state index is 0.519. The predicted octanol–water partition coefficient (Wildman–Crippen LogP) is 7.95. The van der Waals surface area contributed by atoms with Crippen LogP contribution in [-0.2, 0) is 0 Å². The predicted molar refractivity (Wildman–Crippen MR) is 124 cm³/mol. The summed E-state index contributed by atoms with van der Waals surface area (Å²) in [4.78, 5) is 4.81. The highest BCUT2D eigenvalue weighted by molar-refractivity contribution is 5.83. The van der Waals surface area contributed by atoms with E-state index in [2.05, 4.69) is 105 Å². The molecule has 2 nitrogen and oxygen atoms in total. The molecule has 2 heteroatoms. The SMILES string of the molecule is CC(C)c1ccc(-c2cc3ccc(-c4cccc(-c5ccccc5)c4)nc3o2)cc1. The molecule has 0 radical (unpaired) electrons. The lowest BCUT2D eigenvalue weighted by Gasteiger charge is -2.05. The van der Waals surface area contributed by atoms with E-state index in [1.165, 1.54) is 16.7 Å². The van der Waals surface area contributed by atoms with Crippen LogP contribution in [0.2, 0.25) is 0 Å². The Bertz CT molecular complexity index is 1300. The third-order valence-electron chi connectivity index (χ3n) is 5.51. The van der Waals surface area contributed by atoms with Crippen molar-refractivity contribution in [3.8, 4) is 33.7 Å². The number of hydrogen-bond donors (Lipinski definition) is 0. The number of aromatic nitrogens is 1. The van der Waals surface area contributed by atoms with E-state index in [1.54, 1.807) is 0 Å². The van der Waals surface area contributed by atoms with E-state index in [0.29, 0.717) is 11.6 Å². The molecule has 146 valence electrons. The van der Waals surface area contributed by atoms with Gasteiger partial charge in [-0.1, -0.05) is 86.6 Å². The minimum atomic E-state index is 0.519. The third-order valence-corrected chi connectivity index (χ3v) is 5.51. The van der Waals surface area contributed by atoms with Crippen LogP contribution in [-0.4, -0.2) is 4.98 Å². The number of fused-ring (bicyclic) bond motifs is 1. The van der Waals surface area contributed by atoms with Gasteiger partial charge in [-0.15, -0.1) is 0 Å². The first-order valence-electron chi connectivity index (χ1n) is 10.3. The topological polar surface area (TPSA) is 26.0 Å². The van der Waals surface area contributed by atoms with Gasteiger partial charge in [0, 0.05) is 16.5 Å². The van der Waals surface area contributed by atoms with Gasteiger partial charge in [0.25, 0.3) is 0 Å². The molecule has 0 amide bonds. The summed E-state index contributed by atoms with van der Waals surface area (Å²) < 4.78 is 6.12. The molecule has 0 aliphatic heterocycles. The Balaban J connectivity index is 1.50. The first kappa shape index (κ1) is 18.4. The van der Waals surface area contributed by atoms with Crippen molar-refractivity contribution in [1.82, 2.24) is 4.98 Å². The summed E-state index contributed by atoms with van der Waals surface area (Å²) in [5, 5.41) is 1.01. The Labute approximate surface area is 176 Å². The van der Waals surface area contributed by atoms with Crippen LogP contribution >= 0.6 is 0 Å². The molecule has 0 unspecified atom stereocenters. The number of nitrogens with zero attached hydrogens (tertiary/aromatic N) is 1. The summed E-state index contributed by atoms with van der Waals surface area (Å²) >= 11 is 0. The highest BCUT2D eigenvalue weighted by Crippen LogP contribution is 2.31. The van der Waals surface area contributed by atoms with Crippen LogP contribution in [0.5, 0.6) is 0 Å². The maximum atomic E-state index is 6.12. The molecule has 2 heterocycles. The van der Waals surface area contributed by atoms with Crippen LogP contribution in [0, 0.1) is 0 Å². The number of benzene rings is 3. The van der Waals surface area contributed by atoms with Gasteiger partial charge in [-0.3, -0.25) is 0 Å². The maximum absolute atomic E-state index is 6.12.